The van der Waals surface area contributed by atoms with Gasteiger partial charge in [-0.3, -0.25) is 0 Å². The molecule has 1 aliphatic heterocycles. The van der Waals surface area contributed by atoms with Crippen molar-refractivity contribution >= 4 is 21.5 Å². The molecule has 0 atom stereocenters. The Morgan fingerprint density at radius 3 is 2.55 bits per heavy atom. The molecule has 29 heavy (non-hydrogen) atoms. The fourth-order valence-corrected chi connectivity index (χ4v) is 5.66. The smallest absolute Gasteiger partial charge is 0.228 e. The SMILES string of the molecule is Cc1c2c(cc3ccccc13)Oc1cc(C3CCCC3)cc3c(C)c[n+](C)c-2c13. The summed E-state index contributed by atoms with van der Waals surface area (Å²) in [6, 6.07) is 15.6. The predicted molar refractivity (Wildman–Crippen MR) is 119 cm³/mol. The molecule has 0 N–H and O–H groups in total. The number of hydrogen-bond acceptors (Lipinski definition) is 1. The van der Waals surface area contributed by atoms with Crippen molar-refractivity contribution in [3.05, 3.63) is 65.4 Å². The minimum atomic E-state index is 0.677. The molecule has 144 valence electrons. The molecule has 2 nitrogen and oxygen atoms in total. The number of ether oxygens (including phenoxy) is 1. The third-order valence-corrected chi connectivity index (χ3v) is 7.08. The molecule has 0 amide bonds. The summed E-state index contributed by atoms with van der Waals surface area (Å²) < 4.78 is 8.93. The van der Waals surface area contributed by atoms with Gasteiger partial charge in [0.2, 0.25) is 5.69 Å². The van der Waals surface area contributed by atoms with Gasteiger partial charge in [-0.05, 0) is 72.7 Å². The van der Waals surface area contributed by atoms with Crippen LogP contribution in [-0.4, -0.2) is 0 Å². The van der Waals surface area contributed by atoms with E-state index in [0.717, 1.165) is 11.5 Å². The Hall–Kier alpha value is -2.87. The molecule has 1 fully saturated rings. The van der Waals surface area contributed by atoms with Crippen LogP contribution in [0.3, 0.4) is 0 Å². The van der Waals surface area contributed by atoms with Crippen LogP contribution in [0.1, 0.15) is 48.3 Å². The van der Waals surface area contributed by atoms with Gasteiger partial charge in [0, 0.05) is 10.9 Å². The van der Waals surface area contributed by atoms with E-state index in [2.05, 4.69) is 74.1 Å². The van der Waals surface area contributed by atoms with Crippen LogP contribution in [0.15, 0.2) is 48.7 Å². The lowest BCUT2D eigenvalue weighted by atomic mass is 9.88. The number of fused-ring (bicyclic) bond motifs is 3. The first-order valence-corrected chi connectivity index (χ1v) is 10.8. The molecule has 2 heteroatoms. The standard InChI is InChI=1S/C27H26NO/c1-16-15-28(3)27-25-17(2)21-11-7-6-10-19(21)13-23(25)29-24-14-20(12-22(16)26(24)27)18-8-4-5-9-18/h6-7,10-15,18H,4-5,8-9H2,1-3H3/q+1. The monoisotopic (exact) mass is 380 g/mol. The van der Waals surface area contributed by atoms with Gasteiger partial charge in [-0.2, -0.15) is 4.57 Å². The highest BCUT2D eigenvalue weighted by molar-refractivity contribution is 6.06. The van der Waals surface area contributed by atoms with Crippen LogP contribution < -0.4 is 9.30 Å². The second-order valence-corrected chi connectivity index (χ2v) is 8.89. The van der Waals surface area contributed by atoms with Gasteiger partial charge in [0.05, 0.1) is 10.9 Å². The van der Waals surface area contributed by atoms with Crippen LogP contribution in [0.4, 0.5) is 0 Å². The Kier molecular flexibility index (Phi) is 3.56. The molecule has 3 aromatic carbocycles. The zero-order chi connectivity index (χ0) is 19.7. The minimum Gasteiger partial charge on any atom is -0.456 e. The maximum Gasteiger partial charge on any atom is 0.228 e. The molecular formula is C27H26NO+. The second kappa shape index (κ2) is 6.06. The molecular weight excluding hydrogens is 354 g/mol. The zero-order valence-corrected chi connectivity index (χ0v) is 17.4. The van der Waals surface area contributed by atoms with E-state index in [-0.39, 0.29) is 0 Å². The van der Waals surface area contributed by atoms with Gasteiger partial charge in [0.25, 0.3) is 0 Å². The van der Waals surface area contributed by atoms with Crippen LogP contribution in [-0.2, 0) is 7.05 Å². The third-order valence-electron chi connectivity index (χ3n) is 7.08. The fourth-order valence-electron chi connectivity index (χ4n) is 5.66. The van der Waals surface area contributed by atoms with Gasteiger partial charge in [-0.25, -0.2) is 0 Å². The summed E-state index contributed by atoms with van der Waals surface area (Å²) in [4.78, 5) is 0. The molecule has 0 saturated heterocycles. The van der Waals surface area contributed by atoms with Gasteiger partial charge >= 0.3 is 0 Å². The molecule has 4 aromatic rings. The fraction of sp³-hybridized carbons (Fsp3) is 0.296. The van der Waals surface area contributed by atoms with E-state index in [1.807, 2.05) is 0 Å². The van der Waals surface area contributed by atoms with E-state index >= 15 is 0 Å². The number of pyridine rings is 1. The summed E-state index contributed by atoms with van der Waals surface area (Å²) in [6.07, 6.45) is 7.58. The molecule has 2 aliphatic rings. The second-order valence-electron chi connectivity index (χ2n) is 8.89. The quantitative estimate of drug-likeness (QED) is 0.289. The molecule has 0 radical (unpaired) electrons. The maximum absolute atomic E-state index is 6.64. The number of aromatic nitrogens is 1. The van der Waals surface area contributed by atoms with E-state index in [1.54, 1.807) is 0 Å². The van der Waals surface area contributed by atoms with Gasteiger partial charge < -0.3 is 4.74 Å². The maximum atomic E-state index is 6.64. The first-order valence-electron chi connectivity index (χ1n) is 10.8. The van der Waals surface area contributed by atoms with E-state index in [9.17, 15) is 0 Å². The molecule has 1 aliphatic carbocycles. The minimum absolute atomic E-state index is 0.677. The summed E-state index contributed by atoms with van der Waals surface area (Å²) in [5, 5.41) is 5.15. The first-order chi connectivity index (χ1) is 14.1. The normalized spacial score (nSPS) is 15.7. The van der Waals surface area contributed by atoms with Crippen LogP contribution in [0.5, 0.6) is 11.5 Å². The Labute approximate surface area is 171 Å². The molecule has 2 heterocycles. The number of nitrogens with zero attached hydrogens (tertiary/aromatic N) is 1. The van der Waals surface area contributed by atoms with Crippen molar-refractivity contribution in [2.45, 2.75) is 45.4 Å². The largest absolute Gasteiger partial charge is 0.456 e. The van der Waals surface area contributed by atoms with E-state index in [0.29, 0.717) is 5.92 Å². The zero-order valence-electron chi connectivity index (χ0n) is 17.4. The number of aryl methyl sites for hydroxylation is 3. The van der Waals surface area contributed by atoms with Gasteiger partial charge in [0.1, 0.15) is 18.5 Å². The van der Waals surface area contributed by atoms with Crippen molar-refractivity contribution in [3.8, 4) is 22.8 Å². The highest BCUT2D eigenvalue weighted by atomic mass is 16.5. The van der Waals surface area contributed by atoms with Gasteiger partial charge in [-0.1, -0.05) is 37.1 Å². The average molecular weight is 381 g/mol. The summed E-state index contributed by atoms with van der Waals surface area (Å²) >= 11 is 0. The van der Waals surface area contributed by atoms with Crippen LogP contribution >= 0.6 is 0 Å². The first kappa shape index (κ1) is 17.0. The van der Waals surface area contributed by atoms with E-state index in [4.69, 9.17) is 4.74 Å². The summed E-state index contributed by atoms with van der Waals surface area (Å²) in [6.45, 7) is 4.46. The van der Waals surface area contributed by atoms with Crippen molar-refractivity contribution in [2.24, 2.45) is 7.05 Å². The third kappa shape index (κ3) is 2.38. The molecule has 1 aromatic heterocycles. The Balaban J connectivity index is 1.72. The lowest BCUT2D eigenvalue weighted by molar-refractivity contribution is -0.659. The molecule has 6 rings (SSSR count). The molecule has 0 unspecified atom stereocenters. The number of benzene rings is 3. The molecule has 0 spiro atoms. The Bertz CT molecular complexity index is 1310. The van der Waals surface area contributed by atoms with Crippen molar-refractivity contribution in [1.29, 1.82) is 0 Å². The van der Waals surface area contributed by atoms with Crippen molar-refractivity contribution in [3.63, 3.8) is 0 Å². The molecule has 0 bridgehead atoms. The average Bonchev–Trinajstić information content (AvgIpc) is 3.25. The van der Waals surface area contributed by atoms with E-state index in [1.165, 1.54) is 75.2 Å². The Morgan fingerprint density at radius 2 is 1.72 bits per heavy atom. The van der Waals surface area contributed by atoms with Crippen LogP contribution in [0, 0.1) is 13.8 Å². The summed E-state index contributed by atoms with van der Waals surface area (Å²) in [5.41, 5.74) is 6.58. The van der Waals surface area contributed by atoms with Gasteiger partial charge in [0.15, 0.2) is 6.20 Å². The van der Waals surface area contributed by atoms with Crippen molar-refractivity contribution in [1.82, 2.24) is 0 Å². The van der Waals surface area contributed by atoms with Crippen LogP contribution in [0.2, 0.25) is 0 Å². The van der Waals surface area contributed by atoms with Gasteiger partial charge in [-0.15, -0.1) is 0 Å². The highest BCUT2D eigenvalue weighted by Gasteiger charge is 2.32. The summed E-state index contributed by atoms with van der Waals surface area (Å²) in [5.74, 6) is 2.69. The van der Waals surface area contributed by atoms with Crippen LogP contribution in [0.25, 0.3) is 32.8 Å². The lowest BCUT2D eigenvalue weighted by Gasteiger charge is -2.24. The molecule has 1 saturated carbocycles. The topological polar surface area (TPSA) is 13.1 Å². The predicted octanol–water partition coefficient (Wildman–Crippen LogP) is 6.86. The van der Waals surface area contributed by atoms with E-state index < -0.39 is 0 Å². The summed E-state index contributed by atoms with van der Waals surface area (Å²) in [7, 11) is 2.17. The number of rotatable bonds is 1. The lowest BCUT2D eigenvalue weighted by Crippen LogP contribution is -2.32. The Morgan fingerprint density at radius 1 is 0.931 bits per heavy atom. The van der Waals surface area contributed by atoms with Crippen molar-refractivity contribution in [2.75, 3.05) is 0 Å². The highest BCUT2D eigenvalue weighted by Crippen LogP contribution is 2.50. The van der Waals surface area contributed by atoms with Crippen molar-refractivity contribution < 1.29 is 9.30 Å². The number of hydrogen-bond donors (Lipinski definition) is 0.